The predicted molar refractivity (Wildman–Crippen MR) is 110 cm³/mol. The number of ether oxygens (including phenoxy) is 1. The van der Waals surface area contributed by atoms with Crippen LogP contribution in [0.15, 0.2) is 42.5 Å². The van der Waals surface area contributed by atoms with Crippen LogP contribution in [0, 0.1) is 0 Å². The van der Waals surface area contributed by atoms with Gasteiger partial charge in [-0.3, -0.25) is 9.10 Å². The first-order chi connectivity index (χ1) is 13.2. The Morgan fingerprint density at radius 2 is 1.96 bits per heavy atom. The molecular weight excluding hydrogens is 400 g/mol. The molecule has 2 atom stereocenters. The predicted octanol–water partition coefficient (Wildman–Crippen LogP) is 3.31. The monoisotopic (exact) mass is 422 g/mol. The zero-order valence-corrected chi connectivity index (χ0v) is 17.5. The molecule has 0 aliphatic carbocycles. The number of aryl methyl sites for hydroxylation is 1. The van der Waals surface area contributed by atoms with E-state index < -0.39 is 16.1 Å². The Hall–Kier alpha value is -2.25. The van der Waals surface area contributed by atoms with Gasteiger partial charge in [-0.25, -0.2) is 8.42 Å². The van der Waals surface area contributed by atoms with Crippen LogP contribution >= 0.6 is 11.6 Å². The number of fused-ring (bicyclic) bond motifs is 1. The minimum Gasteiger partial charge on any atom is -0.476 e. The number of hydrogen-bond acceptors (Lipinski definition) is 4. The molecule has 0 unspecified atom stereocenters. The number of carbonyl (C=O) groups is 1. The van der Waals surface area contributed by atoms with Gasteiger partial charge in [0, 0.05) is 5.02 Å². The summed E-state index contributed by atoms with van der Waals surface area (Å²) in [4.78, 5) is 12.8. The van der Waals surface area contributed by atoms with E-state index in [-0.39, 0.29) is 18.5 Å². The van der Waals surface area contributed by atoms with E-state index in [9.17, 15) is 13.2 Å². The first kappa shape index (κ1) is 20.5. The highest BCUT2D eigenvalue weighted by Gasteiger charge is 2.35. The van der Waals surface area contributed by atoms with Crippen molar-refractivity contribution in [2.75, 3.05) is 17.1 Å². The Morgan fingerprint density at radius 1 is 1.29 bits per heavy atom. The number of halogens is 1. The van der Waals surface area contributed by atoms with Crippen LogP contribution in [0.3, 0.4) is 0 Å². The third-order valence-corrected chi connectivity index (χ3v) is 6.11. The zero-order valence-electron chi connectivity index (χ0n) is 16.0. The van der Waals surface area contributed by atoms with Crippen LogP contribution in [0.25, 0.3) is 0 Å². The van der Waals surface area contributed by atoms with Gasteiger partial charge in [-0.05, 0) is 42.7 Å². The second kappa shape index (κ2) is 8.01. The van der Waals surface area contributed by atoms with Gasteiger partial charge in [0.15, 0.2) is 6.10 Å². The van der Waals surface area contributed by atoms with Crippen molar-refractivity contribution in [2.45, 2.75) is 32.4 Å². The molecule has 1 N–H and O–H groups in total. The van der Waals surface area contributed by atoms with Gasteiger partial charge in [0.25, 0.3) is 5.91 Å². The Kier molecular flexibility index (Phi) is 5.86. The third-order valence-electron chi connectivity index (χ3n) is 4.73. The van der Waals surface area contributed by atoms with E-state index in [4.69, 9.17) is 16.3 Å². The van der Waals surface area contributed by atoms with E-state index >= 15 is 0 Å². The molecule has 1 heterocycles. The molecule has 0 radical (unpaired) electrons. The summed E-state index contributed by atoms with van der Waals surface area (Å²) in [6.07, 6.45) is 1.08. The smallest absolute Gasteiger partial charge is 0.263 e. The van der Waals surface area contributed by atoms with E-state index in [0.29, 0.717) is 16.5 Å². The number of carbonyl (C=O) groups excluding carboxylic acids is 1. The van der Waals surface area contributed by atoms with Crippen LogP contribution in [-0.2, 0) is 21.2 Å². The van der Waals surface area contributed by atoms with Crippen LogP contribution in [0.4, 0.5) is 5.69 Å². The average Bonchev–Trinajstić information content (AvgIpc) is 2.66. The molecule has 1 aliphatic rings. The van der Waals surface area contributed by atoms with Crippen molar-refractivity contribution >= 4 is 33.2 Å². The number of nitrogens with one attached hydrogen (secondary N) is 1. The maximum atomic E-state index is 12.8. The molecule has 6 nitrogen and oxygen atoms in total. The van der Waals surface area contributed by atoms with Crippen LogP contribution in [0.5, 0.6) is 5.75 Å². The molecule has 2 aromatic carbocycles. The highest BCUT2D eigenvalue weighted by Crippen LogP contribution is 2.37. The van der Waals surface area contributed by atoms with E-state index in [0.717, 1.165) is 22.5 Å². The van der Waals surface area contributed by atoms with Crippen molar-refractivity contribution in [1.29, 1.82) is 0 Å². The Bertz CT molecular complexity index is 976. The third kappa shape index (κ3) is 4.42. The van der Waals surface area contributed by atoms with Gasteiger partial charge in [-0.2, -0.15) is 0 Å². The summed E-state index contributed by atoms with van der Waals surface area (Å²) in [7, 11) is -3.60. The lowest BCUT2D eigenvalue weighted by molar-refractivity contribution is -0.128. The van der Waals surface area contributed by atoms with Crippen LogP contribution in [0.1, 0.15) is 31.0 Å². The SMILES string of the molecule is CCc1ccc([C@H](C)NC(=O)[C@H]2CN(S(C)(=O)=O)c3cc(Cl)ccc3O2)cc1. The van der Waals surface area contributed by atoms with Gasteiger partial charge in [0.05, 0.1) is 24.5 Å². The first-order valence-electron chi connectivity index (χ1n) is 9.02. The van der Waals surface area contributed by atoms with Crippen molar-refractivity contribution in [2.24, 2.45) is 0 Å². The summed E-state index contributed by atoms with van der Waals surface area (Å²) in [6.45, 7) is 3.85. The molecule has 3 rings (SSSR count). The summed E-state index contributed by atoms with van der Waals surface area (Å²) in [5.41, 5.74) is 2.52. The first-order valence-corrected chi connectivity index (χ1v) is 11.2. The number of rotatable bonds is 5. The molecule has 0 fully saturated rings. The van der Waals surface area contributed by atoms with E-state index in [1.54, 1.807) is 12.1 Å². The summed E-state index contributed by atoms with van der Waals surface area (Å²) in [6, 6.07) is 12.5. The number of hydrogen-bond donors (Lipinski definition) is 1. The molecule has 1 aliphatic heterocycles. The van der Waals surface area contributed by atoms with Crippen molar-refractivity contribution in [3.05, 3.63) is 58.6 Å². The molecule has 0 aromatic heterocycles. The van der Waals surface area contributed by atoms with Crippen molar-refractivity contribution in [3.8, 4) is 5.75 Å². The highest BCUT2D eigenvalue weighted by atomic mass is 35.5. The van der Waals surface area contributed by atoms with Crippen LogP contribution < -0.4 is 14.4 Å². The lowest BCUT2D eigenvalue weighted by Crippen LogP contribution is -2.50. The van der Waals surface area contributed by atoms with Crippen LogP contribution in [-0.4, -0.2) is 33.2 Å². The Morgan fingerprint density at radius 3 is 2.57 bits per heavy atom. The molecule has 150 valence electrons. The molecular formula is C20H23ClN2O4S. The molecule has 0 spiro atoms. The normalized spacial score (nSPS) is 17.4. The van der Waals surface area contributed by atoms with Gasteiger partial charge < -0.3 is 10.1 Å². The van der Waals surface area contributed by atoms with Gasteiger partial charge in [0.2, 0.25) is 10.0 Å². The molecule has 0 saturated carbocycles. The van der Waals surface area contributed by atoms with Gasteiger partial charge in [-0.15, -0.1) is 0 Å². The maximum Gasteiger partial charge on any atom is 0.263 e. The number of sulfonamides is 1. The van der Waals surface area contributed by atoms with Crippen molar-refractivity contribution < 1.29 is 17.9 Å². The number of anilines is 1. The second-order valence-corrected chi connectivity index (χ2v) is 9.18. The highest BCUT2D eigenvalue weighted by molar-refractivity contribution is 7.92. The van der Waals surface area contributed by atoms with Crippen LogP contribution in [0.2, 0.25) is 5.02 Å². The Labute approximate surface area is 170 Å². The molecule has 1 amide bonds. The fraction of sp³-hybridized carbons (Fsp3) is 0.350. The van der Waals surface area contributed by atoms with Crippen molar-refractivity contribution in [1.82, 2.24) is 5.32 Å². The fourth-order valence-electron chi connectivity index (χ4n) is 3.11. The van der Waals surface area contributed by atoms with Gasteiger partial charge >= 0.3 is 0 Å². The second-order valence-electron chi connectivity index (χ2n) is 6.84. The van der Waals surface area contributed by atoms with E-state index in [1.807, 2.05) is 31.2 Å². The van der Waals surface area contributed by atoms with Gasteiger partial charge in [0.1, 0.15) is 5.75 Å². The Balaban J connectivity index is 1.79. The molecule has 0 bridgehead atoms. The largest absolute Gasteiger partial charge is 0.476 e. The quantitative estimate of drug-likeness (QED) is 0.802. The van der Waals surface area contributed by atoms with Crippen molar-refractivity contribution in [3.63, 3.8) is 0 Å². The minimum atomic E-state index is -3.60. The molecule has 0 saturated heterocycles. The number of amides is 1. The summed E-state index contributed by atoms with van der Waals surface area (Å²) in [5.74, 6) is -0.0671. The van der Waals surface area contributed by atoms with E-state index in [2.05, 4.69) is 12.2 Å². The number of nitrogens with zero attached hydrogens (tertiary/aromatic N) is 1. The topological polar surface area (TPSA) is 75.7 Å². The fourth-order valence-corrected chi connectivity index (χ4v) is 4.18. The van der Waals surface area contributed by atoms with Gasteiger partial charge in [-0.1, -0.05) is 42.8 Å². The summed E-state index contributed by atoms with van der Waals surface area (Å²) < 4.78 is 31.4. The number of benzene rings is 2. The zero-order chi connectivity index (χ0) is 20.5. The molecule has 2 aromatic rings. The lowest BCUT2D eigenvalue weighted by atomic mass is 10.0. The summed E-state index contributed by atoms with van der Waals surface area (Å²) in [5, 5.41) is 3.30. The minimum absolute atomic E-state index is 0.112. The standard InChI is InChI=1S/C20H23ClN2O4S/c1-4-14-5-7-15(8-6-14)13(2)22-20(24)19-12-23(28(3,25)26)17-11-16(21)9-10-18(17)27-19/h5-11,13,19H,4,12H2,1-3H3,(H,22,24)/t13-,19+/m0/s1. The van der Waals surface area contributed by atoms with E-state index in [1.165, 1.54) is 11.6 Å². The molecule has 28 heavy (non-hydrogen) atoms. The summed E-state index contributed by atoms with van der Waals surface area (Å²) >= 11 is 5.99. The average molecular weight is 423 g/mol. The maximum absolute atomic E-state index is 12.8. The lowest BCUT2D eigenvalue weighted by Gasteiger charge is -2.34. The molecule has 8 heteroatoms.